The molecule has 6 nitrogen and oxygen atoms in total. The van der Waals surface area contributed by atoms with Gasteiger partial charge in [0.2, 0.25) is 0 Å². The molecule has 0 fully saturated rings. The summed E-state index contributed by atoms with van der Waals surface area (Å²) in [6.07, 6.45) is 0.0663. The minimum atomic E-state index is -0.499. The molecule has 0 saturated carbocycles. The van der Waals surface area contributed by atoms with E-state index in [-0.39, 0.29) is 19.6 Å². The number of esters is 1. The number of anilines is 1. The molecule has 0 atom stereocenters. The summed E-state index contributed by atoms with van der Waals surface area (Å²) in [6.45, 7) is -0.167. The van der Waals surface area contributed by atoms with Crippen LogP contribution < -0.4 is 14.8 Å². The van der Waals surface area contributed by atoms with Gasteiger partial charge in [-0.25, -0.2) is 0 Å². The van der Waals surface area contributed by atoms with Crippen LogP contribution in [0.2, 0.25) is 0 Å². The Bertz CT molecular complexity index is 672. The third kappa shape index (κ3) is 5.64. The normalized spacial score (nSPS) is 9.88. The van der Waals surface area contributed by atoms with Crippen LogP contribution in [0.4, 0.5) is 5.69 Å². The van der Waals surface area contributed by atoms with Crippen molar-refractivity contribution < 1.29 is 23.8 Å². The largest absolute Gasteiger partial charge is 0.495 e. The highest BCUT2D eigenvalue weighted by Crippen LogP contribution is 2.22. The van der Waals surface area contributed by atoms with E-state index in [1.807, 2.05) is 18.2 Å². The first kappa shape index (κ1) is 17.3. The van der Waals surface area contributed by atoms with Gasteiger partial charge in [0.15, 0.2) is 6.61 Å². The van der Waals surface area contributed by atoms with Gasteiger partial charge in [-0.2, -0.15) is 0 Å². The van der Waals surface area contributed by atoms with E-state index in [2.05, 4.69) is 5.32 Å². The van der Waals surface area contributed by atoms with Crippen LogP contribution in [0.1, 0.15) is 6.42 Å². The van der Waals surface area contributed by atoms with Crippen LogP contribution in [0.25, 0.3) is 0 Å². The molecule has 6 heteroatoms. The number of hydrogen-bond donors (Lipinski definition) is 1. The fourth-order valence-electron chi connectivity index (χ4n) is 1.92. The van der Waals surface area contributed by atoms with Crippen LogP contribution in [0.3, 0.4) is 0 Å². The molecule has 0 aromatic heterocycles. The SMILES string of the molecule is COc1ccccc1NC(=O)COC(=O)CCOc1ccccc1. The summed E-state index contributed by atoms with van der Waals surface area (Å²) in [7, 11) is 1.51. The third-order valence-electron chi connectivity index (χ3n) is 3.06. The summed E-state index contributed by atoms with van der Waals surface area (Å²) in [4.78, 5) is 23.4. The Hall–Kier alpha value is -3.02. The van der Waals surface area contributed by atoms with Gasteiger partial charge in [0.25, 0.3) is 5.91 Å². The Labute approximate surface area is 140 Å². The zero-order valence-corrected chi connectivity index (χ0v) is 13.4. The van der Waals surface area contributed by atoms with Crippen LogP contribution >= 0.6 is 0 Å². The minimum Gasteiger partial charge on any atom is -0.495 e. The molecule has 2 rings (SSSR count). The third-order valence-corrected chi connectivity index (χ3v) is 3.06. The maximum atomic E-state index is 11.8. The van der Waals surface area contributed by atoms with E-state index in [0.717, 1.165) is 0 Å². The number of carbonyl (C=O) groups is 2. The number of methoxy groups -OCH3 is 1. The smallest absolute Gasteiger partial charge is 0.309 e. The second-order valence-corrected chi connectivity index (χ2v) is 4.82. The summed E-state index contributed by atoms with van der Waals surface area (Å²) < 4.78 is 15.4. The molecule has 0 aliphatic carbocycles. The van der Waals surface area contributed by atoms with Crippen molar-refractivity contribution in [2.75, 3.05) is 25.6 Å². The standard InChI is InChI=1S/C18H19NO5/c1-22-16-10-6-5-9-15(16)19-17(20)13-24-18(21)11-12-23-14-7-3-2-4-8-14/h2-10H,11-13H2,1H3,(H,19,20). The van der Waals surface area contributed by atoms with Gasteiger partial charge in [-0.15, -0.1) is 0 Å². The Balaban J connectivity index is 1.68. The molecule has 126 valence electrons. The Kier molecular flexibility index (Phi) is 6.64. The lowest BCUT2D eigenvalue weighted by atomic mass is 10.3. The van der Waals surface area contributed by atoms with E-state index in [1.54, 1.807) is 36.4 Å². The molecule has 0 bridgehead atoms. The van der Waals surface area contributed by atoms with Crippen LogP contribution in [-0.4, -0.2) is 32.2 Å². The number of ether oxygens (including phenoxy) is 3. The Morgan fingerprint density at radius 2 is 1.71 bits per heavy atom. The lowest BCUT2D eigenvalue weighted by Gasteiger charge is -2.10. The summed E-state index contributed by atoms with van der Waals surface area (Å²) >= 11 is 0. The van der Waals surface area contributed by atoms with E-state index >= 15 is 0 Å². The van der Waals surface area contributed by atoms with Crippen molar-refractivity contribution in [1.82, 2.24) is 0 Å². The molecule has 0 unspecified atom stereocenters. The lowest BCUT2D eigenvalue weighted by molar-refractivity contribution is -0.147. The van der Waals surface area contributed by atoms with Gasteiger partial charge in [-0.05, 0) is 24.3 Å². The predicted molar refractivity (Wildman–Crippen MR) is 89.1 cm³/mol. The van der Waals surface area contributed by atoms with E-state index in [1.165, 1.54) is 7.11 Å². The van der Waals surface area contributed by atoms with Crippen molar-refractivity contribution in [2.45, 2.75) is 6.42 Å². The molecule has 24 heavy (non-hydrogen) atoms. The predicted octanol–water partition coefficient (Wildman–Crippen LogP) is 2.65. The number of rotatable bonds is 8. The minimum absolute atomic E-state index is 0.0663. The number of nitrogens with one attached hydrogen (secondary N) is 1. The lowest BCUT2D eigenvalue weighted by Crippen LogP contribution is -2.21. The molecular weight excluding hydrogens is 310 g/mol. The first-order chi connectivity index (χ1) is 11.7. The maximum absolute atomic E-state index is 11.8. The summed E-state index contributed by atoms with van der Waals surface area (Å²) in [5, 5.41) is 2.63. The molecule has 0 aliphatic heterocycles. The van der Waals surface area contributed by atoms with Crippen molar-refractivity contribution in [1.29, 1.82) is 0 Å². The second kappa shape index (κ2) is 9.19. The van der Waals surface area contributed by atoms with Gasteiger partial charge in [-0.3, -0.25) is 9.59 Å². The topological polar surface area (TPSA) is 73.9 Å². The molecule has 1 amide bonds. The number of amides is 1. The summed E-state index contributed by atoms with van der Waals surface area (Å²) in [5.74, 6) is 0.283. The molecule has 0 spiro atoms. The first-order valence-electron chi connectivity index (χ1n) is 7.45. The molecule has 0 radical (unpaired) electrons. The van der Waals surface area contributed by atoms with Crippen LogP contribution in [0.15, 0.2) is 54.6 Å². The quantitative estimate of drug-likeness (QED) is 0.754. The second-order valence-electron chi connectivity index (χ2n) is 4.82. The number of benzene rings is 2. The fraction of sp³-hybridized carbons (Fsp3) is 0.222. The monoisotopic (exact) mass is 329 g/mol. The molecule has 0 heterocycles. The zero-order valence-electron chi connectivity index (χ0n) is 13.4. The molecule has 1 N–H and O–H groups in total. The first-order valence-corrected chi connectivity index (χ1v) is 7.45. The van der Waals surface area contributed by atoms with E-state index in [0.29, 0.717) is 17.2 Å². The van der Waals surface area contributed by atoms with Crippen molar-refractivity contribution in [3.8, 4) is 11.5 Å². The van der Waals surface area contributed by atoms with E-state index in [4.69, 9.17) is 14.2 Å². The molecule has 2 aromatic carbocycles. The van der Waals surface area contributed by atoms with Gasteiger partial charge in [0, 0.05) is 0 Å². The number of para-hydroxylation sites is 3. The van der Waals surface area contributed by atoms with Crippen molar-refractivity contribution in [2.24, 2.45) is 0 Å². The Morgan fingerprint density at radius 3 is 2.46 bits per heavy atom. The van der Waals surface area contributed by atoms with Crippen LogP contribution in [-0.2, 0) is 14.3 Å². The van der Waals surface area contributed by atoms with Crippen molar-refractivity contribution >= 4 is 17.6 Å². The number of carbonyl (C=O) groups excluding carboxylic acids is 2. The van der Waals surface area contributed by atoms with Gasteiger partial charge in [0.05, 0.1) is 25.8 Å². The average Bonchev–Trinajstić information content (AvgIpc) is 2.61. The molecule has 0 aliphatic rings. The van der Waals surface area contributed by atoms with Crippen LogP contribution in [0.5, 0.6) is 11.5 Å². The number of hydrogen-bond acceptors (Lipinski definition) is 5. The Morgan fingerprint density at radius 1 is 1.00 bits per heavy atom. The molecular formula is C18H19NO5. The van der Waals surface area contributed by atoms with Gasteiger partial charge in [0.1, 0.15) is 11.5 Å². The molecule has 2 aromatic rings. The highest BCUT2D eigenvalue weighted by Gasteiger charge is 2.10. The van der Waals surface area contributed by atoms with Crippen LogP contribution in [0, 0.1) is 0 Å². The van der Waals surface area contributed by atoms with Gasteiger partial charge in [-0.1, -0.05) is 30.3 Å². The summed E-state index contributed by atoms with van der Waals surface area (Å²) in [5.41, 5.74) is 0.522. The highest BCUT2D eigenvalue weighted by molar-refractivity contribution is 5.94. The van der Waals surface area contributed by atoms with Gasteiger partial charge < -0.3 is 19.5 Å². The highest BCUT2D eigenvalue weighted by atomic mass is 16.5. The average molecular weight is 329 g/mol. The van der Waals surface area contributed by atoms with E-state index < -0.39 is 11.9 Å². The maximum Gasteiger partial charge on any atom is 0.309 e. The summed E-state index contributed by atoms with van der Waals surface area (Å²) in [6, 6.07) is 16.1. The van der Waals surface area contributed by atoms with E-state index in [9.17, 15) is 9.59 Å². The molecule has 0 saturated heterocycles. The zero-order chi connectivity index (χ0) is 17.2. The van der Waals surface area contributed by atoms with Crippen molar-refractivity contribution in [3.05, 3.63) is 54.6 Å². The van der Waals surface area contributed by atoms with Gasteiger partial charge >= 0.3 is 5.97 Å². The van der Waals surface area contributed by atoms with Crippen molar-refractivity contribution in [3.63, 3.8) is 0 Å². The fourth-order valence-corrected chi connectivity index (χ4v) is 1.92.